The van der Waals surface area contributed by atoms with Crippen LogP contribution in [0.3, 0.4) is 0 Å². The number of imidazole rings is 1. The maximum atomic E-state index is 4.42. The monoisotopic (exact) mass is 237 g/mol. The molecule has 1 aromatic heterocycles. The molecule has 1 N–H and O–H groups in total. The van der Waals surface area contributed by atoms with Crippen LogP contribution in [0.4, 0.5) is 0 Å². The summed E-state index contributed by atoms with van der Waals surface area (Å²) in [6.07, 6.45) is 7.49. The van der Waals surface area contributed by atoms with Crippen LogP contribution in [-0.2, 0) is 6.42 Å². The zero-order valence-corrected chi connectivity index (χ0v) is 11.7. The molecule has 0 fully saturated rings. The van der Waals surface area contributed by atoms with Gasteiger partial charge >= 0.3 is 0 Å². The predicted octanol–water partition coefficient (Wildman–Crippen LogP) is 3.03. The Bertz CT molecular complexity index is 304. The number of aromatic nitrogens is 2. The van der Waals surface area contributed by atoms with Crippen LogP contribution in [0.25, 0.3) is 0 Å². The topological polar surface area (TPSA) is 29.9 Å². The lowest BCUT2D eigenvalue weighted by Gasteiger charge is -2.21. The first kappa shape index (κ1) is 14.2. The van der Waals surface area contributed by atoms with Crippen molar-refractivity contribution in [1.29, 1.82) is 0 Å². The number of aryl methyl sites for hydroxylation is 1. The molecule has 98 valence electrons. The molecule has 0 saturated heterocycles. The predicted molar refractivity (Wildman–Crippen MR) is 73.3 cm³/mol. The highest BCUT2D eigenvalue weighted by atomic mass is 15.1. The van der Waals surface area contributed by atoms with E-state index in [1.807, 2.05) is 6.20 Å². The Morgan fingerprint density at radius 2 is 2.06 bits per heavy atom. The lowest BCUT2D eigenvalue weighted by Crippen LogP contribution is -2.28. The summed E-state index contributed by atoms with van der Waals surface area (Å²) >= 11 is 0. The number of nitrogens with zero attached hydrogens (tertiary/aromatic N) is 2. The normalized spacial score (nSPS) is 13.2. The van der Waals surface area contributed by atoms with Crippen molar-refractivity contribution in [3.05, 3.63) is 18.2 Å². The molecule has 0 aromatic carbocycles. The van der Waals surface area contributed by atoms with Crippen LogP contribution in [0.5, 0.6) is 0 Å². The Hall–Kier alpha value is -0.830. The third-order valence-electron chi connectivity index (χ3n) is 3.01. The van der Waals surface area contributed by atoms with Crippen molar-refractivity contribution in [2.24, 2.45) is 5.92 Å². The molecule has 1 heterocycles. The quantitative estimate of drug-likeness (QED) is 0.753. The zero-order valence-electron chi connectivity index (χ0n) is 11.7. The van der Waals surface area contributed by atoms with Gasteiger partial charge in [0.05, 0.1) is 0 Å². The Labute approximate surface area is 106 Å². The van der Waals surface area contributed by atoms with Crippen LogP contribution in [-0.4, -0.2) is 22.6 Å². The fourth-order valence-corrected chi connectivity index (χ4v) is 2.16. The minimum absolute atomic E-state index is 0.552. The molecule has 0 amide bonds. The number of nitrogens with one attached hydrogen (secondary N) is 1. The molecule has 0 spiro atoms. The van der Waals surface area contributed by atoms with Crippen molar-refractivity contribution in [1.82, 2.24) is 14.9 Å². The van der Waals surface area contributed by atoms with E-state index in [1.165, 1.54) is 18.7 Å². The second kappa shape index (κ2) is 7.49. The number of hydrogen-bond acceptors (Lipinski definition) is 2. The average Bonchev–Trinajstić information content (AvgIpc) is 2.75. The Morgan fingerprint density at radius 3 is 2.65 bits per heavy atom. The summed E-state index contributed by atoms with van der Waals surface area (Å²) in [5.74, 6) is 1.92. The van der Waals surface area contributed by atoms with Crippen molar-refractivity contribution >= 4 is 0 Å². The van der Waals surface area contributed by atoms with Crippen molar-refractivity contribution in [2.45, 2.75) is 53.0 Å². The molecular weight excluding hydrogens is 210 g/mol. The first-order valence-electron chi connectivity index (χ1n) is 6.91. The summed E-state index contributed by atoms with van der Waals surface area (Å²) in [5.41, 5.74) is 0. The molecule has 1 aromatic rings. The van der Waals surface area contributed by atoms with Gasteiger partial charge in [0, 0.05) is 31.4 Å². The van der Waals surface area contributed by atoms with E-state index in [2.05, 4.69) is 48.8 Å². The van der Waals surface area contributed by atoms with E-state index in [-0.39, 0.29) is 0 Å². The van der Waals surface area contributed by atoms with Crippen LogP contribution < -0.4 is 5.32 Å². The molecule has 3 nitrogen and oxygen atoms in total. The SMILES string of the molecule is CCCC(CNCC(C)C)n1ccnc1CC. The van der Waals surface area contributed by atoms with E-state index >= 15 is 0 Å². The summed E-state index contributed by atoms with van der Waals surface area (Å²) in [7, 11) is 0. The van der Waals surface area contributed by atoms with Gasteiger partial charge in [0.2, 0.25) is 0 Å². The second-order valence-electron chi connectivity index (χ2n) is 5.10. The lowest BCUT2D eigenvalue weighted by molar-refractivity contribution is 0.404. The highest BCUT2D eigenvalue weighted by Crippen LogP contribution is 2.15. The summed E-state index contributed by atoms with van der Waals surface area (Å²) in [6.45, 7) is 11.1. The van der Waals surface area contributed by atoms with Crippen molar-refractivity contribution in [3.63, 3.8) is 0 Å². The Kier molecular flexibility index (Phi) is 6.27. The maximum absolute atomic E-state index is 4.42. The molecule has 0 aliphatic heterocycles. The van der Waals surface area contributed by atoms with Crippen LogP contribution >= 0.6 is 0 Å². The van der Waals surface area contributed by atoms with E-state index in [9.17, 15) is 0 Å². The summed E-state index contributed by atoms with van der Waals surface area (Å²) in [5, 5.41) is 3.56. The van der Waals surface area contributed by atoms with Crippen molar-refractivity contribution in [3.8, 4) is 0 Å². The largest absolute Gasteiger partial charge is 0.331 e. The Morgan fingerprint density at radius 1 is 1.29 bits per heavy atom. The summed E-state index contributed by atoms with van der Waals surface area (Å²) < 4.78 is 2.34. The first-order chi connectivity index (χ1) is 8.19. The van der Waals surface area contributed by atoms with E-state index in [0.29, 0.717) is 12.0 Å². The number of rotatable bonds is 8. The third kappa shape index (κ3) is 4.50. The van der Waals surface area contributed by atoms with Crippen LogP contribution in [0.2, 0.25) is 0 Å². The molecule has 0 saturated carbocycles. The lowest BCUT2D eigenvalue weighted by atomic mass is 10.1. The smallest absolute Gasteiger partial charge is 0.108 e. The summed E-state index contributed by atoms with van der Waals surface area (Å²) in [6, 6.07) is 0.552. The highest BCUT2D eigenvalue weighted by Gasteiger charge is 2.12. The van der Waals surface area contributed by atoms with Crippen LogP contribution in [0.1, 0.15) is 52.4 Å². The van der Waals surface area contributed by atoms with E-state index < -0.39 is 0 Å². The average molecular weight is 237 g/mol. The van der Waals surface area contributed by atoms with Gasteiger partial charge in [-0.1, -0.05) is 34.1 Å². The molecule has 0 aliphatic carbocycles. The van der Waals surface area contributed by atoms with Gasteiger partial charge in [-0.15, -0.1) is 0 Å². The molecule has 0 radical (unpaired) electrons. The zero-order chi connectivity index (χ0) is 12.7. The van der Waals surface area contributed by atoms with E-state index in [4.69, 9.17) is 0 Å². The van der Waals surface area contributed by atoms with E-state index in [1.54, 1.807) is 0 Å². The standard InChI is InChI=1S/C14H27N3/c1-5-7-13(11-15-10-12(3)4)17-9-8-16-14(17)6-2/h8-9,12-13,15H,5-7,10-11H2,1-4H3. The minimum Gasteiger partial charge on any atom is -0.331 e. The van der Waals surface area contributed by atoms with Gasteiger partial charge < -0.3 is 9.88 Å². The van der Waals surface area contributed by atoms with Crippen LogP contribution in [0, 0.1) is 5.92 Å². The fourth-order valence-electron chi connectivity index (χ4n) is 2.16. The van der Waals surface area contributed by atoms with Gasteiger partial charge in [-0.25, -0.2) is 4.98 Å². The van der Waals surface area contributed by atoms with Gasteiger partial charge in [-0.3, -0.25) is 0 Å². The molecule has 3 heteroatoms. The number of hydrogen-bond donors (Lipinski definition) is 1. The Balaban J connectivity index is 2.58. The third-order valence-corrected chi connectivity index (χ3v) is 3.01. The first-order valence-corrected chi connectivity index (χ1v) is 6.91. The minimum atomic E-state index is 0.552. The van der Waals surface area contributed by atoms with Crippen molar-refractivity contribution in [2.75, 3.05) is 13.1 Å². The van der Waals surface area contributed by atoms with Gasteiger partial charge in [-0.05, 0) is 18.9 Å². The van der Waals surface area contributed by atoms with Gasteiger partial charge in [0.1, 0.15) is 5.82 Å². The molecule has 0 aliphatic rings. The molecule has 1 rings (SSSR count). The molecule has 1 atom stereocenters. The summed E-state index contributed by atoms with van der Waals surface area (Å²) in [4.78, 5) is 4.42. The van der Waals surface area contributed by atoms with Gasteiger partial charge in [0.25, 0.3) is 0 Å². The highest BCUT2D eigenvalue weighted by molar-refractivity contribution is 4.95. The van der Waals surface area contributed by atoms with Gasteiger partial charge in [-0.2, -0.15) is 0 Å². The van der Waals surface area contributed by atoms with Gasteiger partial charge in [0.15, 0.2) is 0 Å². The van der Waals surface area contributed by atoms with E-state index in [0.717, 1.165) is 19.5 Å². The molecule has 17 heavy (non-hydrogen) atoms. The van der Waals surface area contributed by atoms with Crippen molar-refractivity contribution < 1.29 is 0 Å². The second-order valence-corrected chi connectivity index (χ2v) is 5.10. The maximum Gasteiger partial charge on any atom is 0.108 e. The molecule has 0 bridgehead atoms. The fraction of sp³-hybridized carbons (Fsp3) is 0.786. The van der Waals surface area contributed by atoms with Crippen LogP contribution in [0.15, 0.2) is 12.4 Å². The molecular formula is C14H27N3. The molecule has 1 unspecified atom stereocenters.